The van der Waals surface area contributed by atoms with Crippen LogP contribution in [0.25, 0.3) is 0 Å². The second-order valence-electron chi connectivity index (χ2n) is 5.75. The minimum atomic E-state index is -0.224. The number of nitrogens with two attached hydrogens (primary N) is 2. The quantitative estimate of drug-likeness (QED) is 0.728. The van der Waals surface area contributed by atoms with Crippen LogP contribution in [0.2, 0.25) is 0 Å². The Kier molecular flexibility index (Phi) is 6.08. The Hall–Kier alpha value is -1.69. The maximum Gasteiger partial charge on any atom is 0.257 e. The zero-order chi connectivity index (χ0) is 16.0. The highest BCUT2D eigenvalue weighted by molar-refractivity contribution is 6.13. The van der Waals surface area contributed by atoms with E-state index in [9.17, 15) is 9.18 Å². The average Bonchev–Trinajstić information content (AvgIpc) is 2.46. The SMILES string of the molecule is CCC(C)(C)N1CCC(N)=C(C=NC/C(=C/F)CN)C1=O. The number of carbonyl (C=O) groups is 1. The van der Waals surface area contributed by atoms with Crippen LogP contribution in [-0.2, 0) is 4.79 Å². The Morgan fingerprint density at radius 3 is 2.71 bits per heavy atom. The van der Waals surface area contributed by atoms with Crippen molar-refractivity contribution in [3.63, 3.8) is 0 Å². The maximum atomic E-state index is 12.5. The second-order valence-corrected chi connectivity index (χ2v) is 5.75. The molecule has 1 aliphatic heterocycles. The molecule has 4 N–H and O–H groups in total. The van der Waals surface area contributed by atoms with Gasteiger partial charge in [0.25, 0.3) is 5.91 Å². The largest absolute Gasteiger partial charge is 0.401 e. The van der Waals surface area contributed by atoms with Crippen LogP contribution in [0.5, 0.6) is 0 Å². The molecule has 0 spiro atoms. The van der Waals surface area contributed by atoms with Gasteiger partial charge in [-0.05, 0) is 25.8 Å². The molecule has 118 valence electrons. The van der Waals surface area contributed by atoms with E-state index in [4.69, 9.17) is 11.5 Å². The number of halogens is 1. The standard InChI is InChI=1S/C15H25FN4O/c1-4-15(2,3)20-6-5-13(18)12(14(20)21)10-19-9-11(7-16)8-17/h7,10H,4-6,8-9,17-18H2,1-3H3/b11-7+,19-10?. The molecule has 1 rings (SSSR count). The molecule has 5 nitrogen and oxygen atoms in total. The number of aliphatic imine (C=N–C) groups is 1. The molecule has 0 aromatic carbocycles. The molecule has 0 aromatic heterocycles. The summed E-state index contributed by atoms with van der Waals surface area (Å²) < 4.78 is 12.4. The van der Waals surface area contributed by atoms with Crippen LogP contribution >= 0.6 is 0 Å². The van der Waals surface area contributed by atoms with E-state index in [2.05, 4.69) is 4.99 Å². The molecule has 0 bridgehead atoms. The molecule has 0 fully saturated rings. The molecule has 6 heteroatoms. The molecule has 0 saturated carbocycles. The molecule has 1 heterocycles. The Morgan fingerprint density at radius 2 is 2.19 bits per heavy atom. The number of carbonyl (C=O) groups excluding carboxylic acids is 1. The van der Waals surface area contributed by atoms with Gasteiger partial charge >= 0.3 is 0 Å². The topological polar surface area (TPSA) is 84.7 Å². The third-order valence-electron chi connectivity index (χ3n) is 3.95. The summed E-state index contributed by atoms with van der Waals surface area (Å²) in [6, 6.07) is 0. The molecule has 0 atom stereocenters. The fourth-order valence-corrected chi connectivity index (χ4v) is 2.06. The third kappa shape index (κ3) is 4.14. The summed E-state index contributed by atoms with van der Waals surface area (Å²) in [5.41, 5.74) is 12.4. The van der Waals surface area contributed by atoms with E-state index in [0.717, 1.165) is 6.42 Å². The van der Waals surface area contributed by atoms with Gasteiger partial charge in [0.15, 0.2) is 0 Å². The van der Waals surface area contributed by atoms with E-state index in [1.165, 1.54) is 6.21 Å². The van der Waals surface area contributed by atoms with Crippen molar-refractivity contribution in [1.29, 1.82) is 0 Å². The monoisotopic (exact) mass is 296 g/mol. The van der Waals surface area contributed by atoms with E-state index in [-0.39, 0.29) is 24.5 Å². The number of amides is 1. The zero-order valence-electron chi connectivity index (χ0n) is 13.0. The van der Waals surface area contributed by atoms with E-state index in [1.54, 1.807) is 0 Å². The van der Waals surface area contributed by atoms with Crippen molar-refractivity contribution in [2.45, 2.75) is 39.2 Å². The van der Waals surface area contributed by atoms with Gasteiger partial charge in [-0.3, -0.25) is 9.79 Å². The normalized spacial score (nSPS) is 18.0. The van der Waals surface area contributed by atoms with Gasteiger partial charge in [0.05, 0.1) is 18.4 Å². The van der Waals surface area contributed by atoms with E-state index >= 15 is 0 Å². The minimum absolute atomic E-state index is 0.102. The second kappa shape index (κ2) is 7.36. The first-order valence-corrected chi connectivity index (χ1v) is 7.16. The van der Waals surface area contributed by atoms with Crippen molar-refractivity contribution in [3.05, 3.63) is 23.2 Å². The van der Waals surface area contributed by atoms with Crippen LogP contribution in [0.4, 0.5) is 4.39 Å². The Balaban J connectivity index is 2.90. The van der Waals surface area contributed by atoms with Gasteiger partial charge in [-0.1, -0.05) is 6.92 Å². The highest BCUT2D eigenvalue weighted by atomic mass is 19.1. The number of hydrogen-bond acceptors (Lipinski definition) is 4. The summed E-state index contributed by atoms with van der Waals surface area (Å²) in [7, 11) is 0. The molecule has 0 radical (unpaired) electrons. The summed E-state index contributed by atoms with van der Waals surface area (Å²) in [6.45, 7) is 6.95. The molecule has 0 unspecified atom stereocenters. The van der Waals surface area contributed by atoms with Crippen molar-refractivity contribution in [2.75, 3.05) is 19.6 Å². The number of hydrogen-bond donors (Lipinski definition) is 2. The lowest BCUT2D eigenvalue weighted by atomic mass is 9.94. The van der Waals surface area contributed by atoms with Crippen molar-refractivity contribution in [3.8, 4) is 0 Å². The Bertz CT molecular complexity index is 480. The number of rotatable bonds is 6. The Morgan fingerprint density at radius 1 is 1.52 bits per heavy atom. The predicted molar refractivity (Wildman–Crippen MR) is 83.5 cm³/mol. The van der Waals surface area contributed by atoms with Gasteiger partial charge in [0.1, 0.15) is 0 Å². The molecule has 1 aliphatic rings. The summed E-state index contributed by atoms with van der Waals surface area (Å²) in [5, 5.41) is 0. The lowest BCUT2D eigenvalue weighted by Gasteiger charge is -2.40. The summed E-state index contributed by atoms with van der Waals surface area (Å²) in [5.74, 6) is -0.118. The minimum Gasteiger partial charge on any atom is -0.401 e. The first kappa shape index (κ1) is 17.4. The lowest BCUT2D eigenvalue weighted by molar-refractivity contribution is -0.132. The third-order valence-corrected chi connectivity index (χ3v) is 3.95. The fourth-order valence-electron chi connectivity index (χ4n) is 2.06. The maximum absolute atomic E-state index is 12.5. The van der Waals surface area contributed by atoms with Crippen molar-refractivity contribution in [2.24, 2.45) is 16.5 Å². The zero-order valence-corrected chi connectivity index (χ0v) is 13.0. The Labute approximate surface area is 125 Å². The van der Waals surface area contributed by atoms with Gasteiger partial charge < -0.3 is 16.4 Å². The highest BCUT2D eigenvalue weighted by Gasteiger charge is 2.34. The number of nitrogens with zero attached hydrogens (tertiary/aromatic N) is 2. The van der Waals surface area contributed by atoms with Crippen molar-refractivity contribution >= 4 is 12.1 Å². The summed E-state index contributed by atoms with van der Waals surface area (Å²) in [6.07, 6.45) is 3.36. The first-order valence-electron chi connectivity index (χ1n) is 7.16. The molecule has 0 saturated heterocycles. The summed E-state index contributed by atoms with van der Waals surface area (Å²) >= 11 is 0. The first-order chi connectivity index (χ1) is 9.87. The highest BCUT2D eigenvalue weighted by Crippen LogP contribution is 2.25. The van der Waals surface area contributed by atoms with Gasteiger partial charge in [-0.25, -0.2) is 4.39 Å². The van der Waals surface area contributed by atoms with Crippen LogP contribution in [-0.4, -0.2) is 42.2 Å². The van der Waals surface area contributed by atoms with Gasteiger partial charge in [0.2, 0.25) is 0 Å². The summed E-state index contributed by atoms with van der Waals surface area (Å²) in [4.78, 5) is 18.4. The van der Waals surface area contributed by atoms with Crippen LogP contribution in [0.15, 0.2) is 28.2 Å². The van der Waals surface area contributed by atoms with E-state index < -0.39 is 0 Å². The van der Waals surface area contributed by atoms with Gasteiger partial charge in [-0.2, -0.15) is 0 Å². The molecular weight excluding hydrogens is 271 g/mol. The molecule has 0 aliphatic carbocycles. The molecule has 1 amide bonds. The van der Waals surface area contributed by atoms with Crippen LogP contribution < -0.4 is 11.5 Å². The lowest BCUT2D eigenvalue weighted by Crippen LogP contribution is -2.51. The average molecular weight is 296 g/mol. The van der Waals surface area contributed by atoms with Crippen LogP contribution in [0.1, 0.15) is 33.6 Å². The van der Waals surface area contributed by atoms with E-state index in [0.29, 0.717) is 36.1 Å². The van der Waals surface area contributed by atoms with Gasteiger partial charge in [0, 0.05) is 37.0 Å². The van der Waals surface area contributed by atoms with Crippen molar-refractivity contribution < 1.29 is 9.18 Å². The molecule has 21 heavy (non-hydrogen) atoms. The van der Waals surface area contributed by atoms with Crippen LogP contribution in [0.3, 0.4) is 0 Å². The van der Waals surface area contributed by atoms with E-state index in [1.807, 2.05) is 25.7 Å². The van der Waals surface area contributed by atoms with Gasteiger partial charge in [-0.15, -0.1) is 0 Å². The smallest absolute Gasteiger partial charge is 0.257 e. The van der Waals surface area contributed by atoms with Crippen molar-refractivity contribution in [1.82, 2.24) is 4.90 Å². The van der Waals surface area contributed by atoms with Crippen LogP contribution in [0, 0.1) is 0 Å². The molecule has 0 aromatic rings. The fraction of sp³-hybridized carbons (Fsp3) is 0.600. The predicted octanol–water partition coefficient (Wildman–Crippen LogP) is 1.50. The molecular formula is C15H25FN4O.